The van der Waals surface area contributed by atoms with Crippen molar-refractivity contribution in [2.24, 2.45) is 5.41 Å². The lowest BCUT2D eigenvalue weighted by atomic mass is 9.93. The van der Waals surface area contributed by atoms with Crippen LogP contribution in [-0.2, 0) is 6.54 Å². The second-order valence-corrected chi connectivity index (χ2v) is 6.48. The maximum absolute atomic E-state index is 14.5. The molecule has 1 aliphatic heterocycles. The van der Waals surface area contributed by atoms with E-state index in [1.807, 2.05) is 0 Å². The van der Waals surface area contributed by atoms with Crippen LogP contribution < -0.4 is 10.2 Å². The van der Waals surface area contributed by atoms with Crippen molar-refractivity contribution in [1.82, 2.24) is 10.3 Å². The van der Waals surface area contributed by atoms with Crippen LogP contribution in [0.2, 0.25) is 0 Å². The van der Waals surface area contributed by atoms with Gasteiger partial charge in [-0.05, 0) is 17.9 Å². The van der Waals surface area contributed by atoms with Crippen molar-refractivity contribution in [3.05, 3.63) is 23.6 Å². The van der Waals surface area contributed by atoms with Crippen LogP contribution in [-0.4, -0.2) is 24.1 Å². The average molecular weight is 265 g/mol. The van der Waals surface area contributed by atoms with Gasteiger partial charge in [-0.1, -0.05) is 27.7 Å². The van der Waals surface area contributed by atoms with Gasteiger partial charge in [-0.3, -0.25) is 0 Å². The van der Waals surface area contributed by atoms with Crippen molar-refractivity contribution < 1.29 is 4.39 Å². The van der Waals surface area contributed by atoms with Gasteiger partial charge in [-0.2, -0.15) is 0 Å². The minimum absolute atomic E-state index is 0.173. The SMILES string of the molecule is CC(C)NCc1ccnc(N2CCC(C)(C)C2)c1F. The Hall–Kier alpha value is -1.16. The highest BCUT2D eigenvalue weighted by Gasteiger charge is 2.31. The molecule has 0 spiro atoms. The third kappa shape index (κ3) is 3.44. The van der Waals surface area contributed by atoms with Crippen molar-refractivity contribution in [3.63, 3.8) is 0 Å². The Morgan fingerprint density at radius 2 is 2.21 bits per heavy atom. The molecule has 0 bridgehead atoms. The first-order valence-electron chi connectivity index (χ1n) is 7.01. The fourth-order valence-electron chi connectivity index (χ4n) is 2.44. The van der Waals surface area contributed by atoms with Crippen molar-refractivity contribution in [2.75, 3.05) is 18.0 Å². The van der Waals surface area contributed by atoms with E-state index in [-0.39, 0.29) is 11.2 Å². The second kappa shape index (κ2) is 5.45. The maximum atomic E-state index is 14.5. The minimum atomic E-state index is -0.173. The summed E-state index contributed by atoms with van der Waals surface area (Å²) in [6, 6.07) is 2.11. The summed E-state index contributed by atoms with van der Waals surface area (Å²) in [6.07, 6.45) is 2.80. The zero-order valence-electron chi connectivity index (χ0n) is 12.3. The zero-order valence-corrected chi connectivity index (χ0v) is 12.3. The van der Waals surface area contributed by atoms with E-state index in [0.717, 1.165) is 19.5 Å². The van der Waals surface area contributed by atoms with Crippen LogP contribution in [0.4, 0.5) is 10.2 Å². The topological polar surface area (TPSA) is 28.2 Å². The van der Waals surface area contributed by atoms with Crippen LogP contribution in [0, 0.1) is 11.2 Å². The Morgan fingerprint density at radius 1 is 1.47 bits per heavy atom. The van der Waals surface area contributed by atoms with E-state index in [1.165, 1.54) is 0 Å². The Labute approximate surface area is 115 Å². The molecule has 106 valence electrons. The highest BCUT2D eigenvalue weighted by atomic mass is 19.1. The van der Waals surface area contributed by atoms with Gasteiger partial charge in [0.1, 0.15) is 0 Å². The number of pyridine rings is 1. The molecule has 19 heavy (non-hydrogen) atoms. The first-order valence-corrected chi connectivity index (χ1v) is 7.01. The van der Waals surface area contributed by atoms with Crippen LogP contribution in [0.5, 0.6) is 0 Å². The number of hydrogen-bond acceptors (Lipinski definition) is 3. The third-order valence-corrected chi connectivity index (χ3v) is 3.63. The van der Waals surface area contributed by atoms with Gasteiger partial charge in [-0.15, -0.1) is 0 Å². The highest BCUT2D eigenvalue weighted by molar-refractivity contribution is 5.44. The van der Waals surface area contributed by atoms with E-state index in [9.17, 15) is 4.39 Å². The molecule has 1 N–H and O–H groups in total. The molecule has 2 rings (SSSR count). The number of nitrogens with zero attached hydrogens (tertiary/aromatic N) is 2. The first-order chi connectivity index (χ1) is 8.89. The molecule has 3 nitrogen and oxygen atoms in total. The summed E-state index contributed by atoms with van der Waals surface area (Å²) in [5.74, 6) is 0.335. The average Bonchev–Trinajstić information content (AvgIpc) is 2.68. The molecule has 0 radical (unpaired) electrons. The molecule has 2 heterocycles. The lowest BCUT2D eigenvalue weighted by Gasteiger charge is -2.22. The lowest BCUT2D eigenvalue weighted by molar-refractivity contribution is 0.418. The second-order valence-electron chi connectivity index (χ2n) is 6.48. The molecule has 4 heteroatoms. The molecule has 1 aliphatic rings. The molecule has 0 saturated carbocycles. The minimum Gasteiger partial charge on any atom is -0.354 e. The third-order valence-electron chi connectivity index (χ3n) is 3.63. The first kappa shape index (κ1) is 14.3. The van der Waals surface area contributed by atoms with Gasteiger partial charge in [0.05, 0.1) is 0 Å². The van der Waals surface area contributed by atoms with Gasteiger partial charge in [0.25, 0.3) is 0 Å². The van der Waals surface area contributed by atoms with E-state index in [1.54, 1.807) is 12.3 Å². The molecule has 0 aromatic carbocycles. The Kier molecular flexibility index (Phi) is 4.09. The largest absolute Gasteiger partial charge is 0.354 e. The van der Waals surface area contributed by atoms with Crippen molar-refractivity contribution in [1.29, 1.82) is 0 Å². The van der Waals surface area contributed by atoms with Crippen molar-refractivity contribution in [2.45, 2.75) is 46.7 Å². The fraction of sp³-hybridized carbons (Fsp3) is 0.667. The molecular weight excluding hydrogens is 241 g/mol. The van der Waals surface area contributed by atoms with Crippen LogP contribution in [0.15, 0.2) is 12.3 Å². The summed E-state index contributed by atoms with van der Waals surface area (Å²) in [5, 5.41) is 3.25. The van der Waals surface area contributed by atoms with Gasteiger partial charge in [0.2, 0.25) is 0 Å². The standard InChI is InChI=1S/C15H24FN3/c1-11(2)18-9-12-5-7-17-14(13(12)16)19-8-6-15(3,4)10-19/h5,7,11,18H,6,8-10H2,1-4H3. The summed E-state index contributed by atoms with van der Waals surface area (Å²) in [6.45, 7) is 10.9. The fourth-order valence-corrected chi connectivity index (χ4v) is 2.44. The zero-order chi connectivity index (χ0) is 14.0. The summed E-state index contributed by atoms with van der Waals surface area (Å²) in [5.41, 5.74) is 0.948. The van der Waals surface area contributed by atoms with E-state index >= 15 is 0 Å². The Bertz CT molecular complexity index is 443. The highest BCUT2D eigenvalue weighted by Crippen LogP contribution is 2.33. The smallest absolute Gasteiger partial charge is 0.170 e. The predicted molar refractivity (Wildman–Crippen MR) is 76.8 cm³/mol. The number of aromatic nitrogens is 1. The molecule has 0 amide bonds. The lowest BCUT2D eigenvalue weighted by Crippen LogP contribution is -2.26. The summed E-state index contributed by atoms with van der Waals surface area (Å²) < 4.78 is 14.5. The maximum Gasteiger partial charge on any atom is 0.170 e. The van der Waals surface area contributed by atoms with Crippen molar-refractivity contribution >= 4 is 5.82 Å². The normalized spacial score (nSPS) is 18.3. The monoisotopic (exact) mass is 265 g/mol. The van der Waals surface area contributed by atoms with Crippen LogP contribution in [0.25, 0.3) is 0 Å². The van der Waals surface area contributed by atoms with Gasteiger partial charge < -0.3 is 10.2 Å². The van der Waals surface area contributed by atoms with Gasteiger partial charge in [0.15, 0.2) is 11.6 Å². The van der Waals surface area contributed by atoms with Crippen LogP contribution >= 0.6 is 0 Å². The molecule has 1 aromatic heterocycles. The molecule has 0 unspecified atom stereocenters. The molecule has 1 aromatic rings. The summed E-state index contributed by atoms with van der Waals surface area (Å²) in [7, 11) is 0. The Balaban J connectivity index is 2.16. The molecule has 1 fully saturated rings. The number of halogens is 1. The van der Waals surface area contributed by atoms with E-state index in [4.69, 9.17) is 0 Å². The number of rotatable bonds is 4. The predicted octanol–water partition coefficient (Wildman–Crippen LogP) is 2.96. The van der Waals surface area contributed by atoms with E-state index < -0.39 is 0 Å². The van der Waals surface area contributed by atoms with Crippen LogP contribution in [0.1, 0.15) is 39.7 Å². The molecule has 0 aliphatic carbocycles. The van der Waals surface area contributed by atoms with E-state index in [2.05, 4.69) is 42.9 Å². The number of nitrogens with one attached hydrogen (secondary N) is 1. The molecule has 0 atom stereocenters. The van der Waals surface area contributed by atoms with Gasteiger partial charge in [0, 0.05) is 37.4 Å². The molecular formula is C15H24FN3. The van der Waals surface area contributed by atoms with E-state index in [0.29, 0.717) is 24.0 Å². The Morgan fingerprint density at radius 3 is 2.79 bits per heavy atom. The van der Waals surface area contributed by atoms with Gasteiger partial charge in [-0.25, -0.2) is 9.37 Å². The van der Waals surface area contributed by atoms with Gasteiger partial charge >= 0.3 is 0 Å². The quantitative estimate of drug-likeness (QED) is 0.907. The molecule has 1 saturated heterocycles. The number of anilines is 1. The number of hydrogen-bond donors (Lipinski definition) is 1. The van der Waals surface area contributed by atoms with Crippen molar-refractivity contribution in [3.8, 4) is 0 Å². The van der Waals surface area contributed by atoms with Crippen LogP contribution in [0.3, 0.4) is 0 Å². The summed E-state index contributed by atoms with van der Waals surface area (Å²) in [4.78, 5) is 6.30. The summed E-state index contributed by atoms with van der Waals surface area (Å²) >= 11 is 0.